The Bertz CT molecular complexity index is 945. The van der Waals surface area contributed by atoms with Gasteiger partial charge in [0.25, 0.3) is 5.91 Å². The fourth-order valence-electron chi connectivity index (χ4n) is 2.09. The first kappa shape index (κ1) is 20.5. The summed E-state index contributed by atoms with van der Waals surface area (Å²) in [6.07, 6.45) is -3.34. The number of anilines is 1. The summed E-state index contributed by atoms with van der Waals surface area (Å²) in [6.45, 7) is -0.440. The summed E-state index contributed by atoms with van der Waals surface area (Å²) in [5, 5.41) is 19.8. The van der Waals surface area contributed by atoms with Gasteiger partial charge in [0.1, 0.15) is 17.4 Å². The molecule has 28 heavy (non-hydrogen) atoms. The van der Waals surface area contributed by atoms with Crippen molar-refractivity contribution in [3.8, 4) is 11.8 Å². The van der Waals surface area contributed by atoms with Crippen molar-refractivity contribution in [2.24, 2.45) is 0 Å². The molecule has 2 aromatic carbocycles. The third-order valence-corrected chi connectivity index (χ3v) is 3.39. The number of halogens is 3. The van der Waals surface area contributed by atoms with Crippen LogP contribution in [0.4, 0.5) is 18.9 Å². The number of nitrogens with zero attached hydrogens (tertiary/aromatic N) is 1. The highest BCUT2D eigenvalue weighted by Gasteiger charge is 2.30. The van der Waals surface area contributed by atoms with Gasteiger partial charge in [0.2, 0.25) is 0 Å². The van der Waals surface area contributed by atoms with Gasteiger partial charge in [-0.3, -0.25) is 4.79 Å². The quantitative estimate of drug-likeness (QED) is 0.579. The number of carboxylic acids is 1. The Morgan fingerprint density at radius 1 is 1.18 bits per heavy atom. The molecule has 144 valence electrons. The molecule has 0 spiro atoms. The first-order valence-electron chi connectivity index (χ1n) is 7.74. The number of amides is 1. The molecule has 6 nitrogen and oxygen atoms in total. The molecule has 0 atom stereocenters. The van der Waals surface area contributed by atoms with Crippen molar-refractivity contribution in [3.63, 3.8) is 0 Å². The van der Waals surface area contributed by atoms with E-state index in [1.165, 1.54) is 42.5 Å². The van der Waals surface area contributed by atoms with Gasteiger partial charge in [0, 0.05) is 5.69 Å². The number of benzene rings is 2. The van der Waals surface area contributed by atoms with E-state index in [1.807, 2.05) is 0 Å². The molecule has 0 aliphatic rings. The molecule has 0 saturated carbocycles. The number of nitrogens with one attached hydrogen (secondary N) is 1. The van der Waals surface area contributed by atoms with Gasteiger partial charge in [0.15, 0.2) is 6.61 Å². The van der Waals surface area contributed by atoms with E-state index in [-0.39, 0.29) is 11.4 Å². The number of carbonyl (C=O) groups is 2. The third-order valence-electron chi connectivity index (χ3n) is 3.39. The molecule has 0 radical (unpaired) electrons. The number of carbonyl (C=O) groups excluding carboxylic acids is 1. The molecule has 0 aliphatic carbocycles. The van der Waals surface area contributed by atoms with Crippen LogP contribution in [0.3, 0.4) is 0 Å². The van der Waals surface area contributed by atoms with Crippen LogP contribution in [-0.4, -0.2) is 23.6 Å². The summed E-state index contributed by atoms with van der Waals surface area (Å²) in [5.74, 6) is -1.72. The van der Waals surface area contributed by atoms with E-state index in [9.17, 15) is 22.8 Å². The van der Waals surface area contributed by atoms with Gasteiger partial charge in [0.05, 0.1) is 5.56 Å². The Hall–Kier alpha value is -3.80. The lowest BCUT2D eigenvalue weighted by Gasteiger charge is -2.10. The van der Waals surface area contributed by atoms with E-state index in [0.29, 0.717) is 5.56 Å². The highest BCUT2D eigenvalue weighted by atomic mass is 19.4. The second-order valence-corrected chi connectivity index (χ2v) is 5.46. The van der Waals surface area contributed by atoms with Crippen LogP contribution in [0.2, 0.25) is 0 Å². The predicted molar refractivity (Wildman–Crippen MR) is 93.2 cm³/mol. The van der Waals surface area contributed by atoms with Crippen molar-refractivity contribution in [3.05, 3.63) is 65.2 Å². The number of rotatable bonds is 6. The van der Waals surface area contributed by atoms with Crippen molar-refractivity contribution in [2.45, 2.75) is 6.18 Å². The van der Waals surface area contributed by atoms with Crippen molar-refractivity contribution < 1.29 is 32.6 Å². The van der Waals surface area contributed by atoms with Crippen LogP contribution >= 0.6 is 0 Å². The molecule has 2 rings (SSSR count). The minimum absolute atomic E-state index is 0.0124. The number of ether oxygens (including phenoxy) is 1. The van der Waals surface area contributed by atoms with Crippen molar-refractivity contribution in [2.75, 3.05) is 11.9 Å². The van der Waals surface area contributed by atoms with Gasteiger partial charge in [-0.15, -0.1) is 0 Å². The average Bonchev–Trinajstić information content (AvgIpc) is 2.64. The second kappa shape index (κ2) is 8.73. The number of carboxylic acid groups (broad SMARTS) is 1. The van der Waals surface area contributed by atoms with Crippen LogP contribution in [0, 0.1) is 11.3 Å². The highest BCUT2D eigenvalue weighted by Crippen LogP contribution is 2.30. The third kappa shape index (κ3) is 5.88. The van der Waals surface area contributed by atoms with Crippen LogP contribution in [0.1, 0.15) is 11.1 Å². The Morgan fingerprint density at radius 2 is 1.86 bits per heavy atom. The van der Waals surface area contributed by atoms with E-state index in [0.717, 1.165) is 12.1 Å². The highest BCUT2D eigenvalue weighted by molar-refractivity contribution is 5.96. The fraction of sp³-hybridized carbons (Fsp3) is 0.105. The molecule has 9 heteroatoms. The van der Waals surface area contributed by atoms with Crippen LogP contribution in [0.15, 0.2) is 54.1 Å². The second-order valence-electron chi connectivity index (χ2n) is 5.46. The summed E-state index contributed by atoms with van der Waals surface area (Å²) in [7, 11) is 0. The molecular weight excluding hydrogens is 377 g/mol. The van der Waals surface area contributed by atoms with Gasteiger partial charge in [-0.05, 0) is 42.0 Å². The maximum atomic E-state index is 12.7. The van der Waals surface area contributed by atoms with Crippen LogP contribution in [-0.2, 0) is 15.8 Å². The van der Waals surface area contributed by atoms with E-state index in [1.54, 1.807) is 6.07 Å². The number of hydrogen-bond acceptors (Lipinski definition) is 4. The summed E-state index contributed by atoms with van der Waals surface area (Å²) in [4.78, 5) is 22.6. The van der Waals surface area contributed by atoms with Gasteiger partial charge in [-0.2, -0.15) is 18.4 Å². The molecule has 2 aromatic rings. The molecular formula is C19H13F3N2O4. The SMILES string of the molecule is N#C/C(=C/c1ccc(OCC(=O)Nc2cccc(C(F)(F)F)c2)cc1)C(=O)O. The molecule has 0 aromatic heterocycles. The molecule has 0 saturated heterocycles. The summed E-state index contributed by atoms with van der Waals surface area (Å²) in [6, 6.07) is 11.6. The Kier molecular flexibility index (Phi) is 6.39. The van der Waals surface area contributed by atoms with Gasteiger partial charge in [-0.25, -0.2) is 4.79 Å². The molecule has 0 bridgehead atoms. The molecule has 2 N–H and O–H groups in total. The van der Waals surface area contributed by atoms with E-state index >= 15 is 0 Å². The van der Waals surface area contributed by atoms with Crippen LogP contribution < -0.4 is 10.1 Å². The predicted octanol–water partition coefficient (Wildman–Crippen LogP) is 3.71. The van der Waals surface area contributed by atoms with Crippen molar-refractivity contribution in [1.82, 2.24) is 0 Å². The smallest absolute Gasteiger partial charge is 0.416 e. The number of alkyl halides is 3. The number of nitriles is 1. The Balaban J connectivity index is 1.95. The minimum Gasteiger partial charge on any atom is -0.484 e. The number of hydrogen-bond donors (Lipinski definition) is 2. The zero-order valence-electron chi connectivity index (χ0n) is 14.2. The molecule has 0 heterocycles. The van der Waals surface area contributed by atoms with E-state index < -0.39 is 35.8 Å². The van der Waals surface area contributed by atoms with E-state index in [4.69, 9.17) is 15.1 Å². The zero-order valence-corrected chi connectivity index (χ0v) is 14.2. The topological polar surface area (TPSA) is 99.4 Å². The lowest BCUT2D eigenvalue weighted by molar-refractivity contribution is -0.137. The van der Waals surface area contributed by atoms with Crippen LogP contribution in [0.25, 0.3) is 6.08 Å². The van der Waals surface area contributed by atoms with Crippen molar-refractivity contribution >= 4 is 23.6 Å². The summed E-state index contributed by atoms with van der Waals surface area (Å²) in [5.41, 5.74) is -0.886. The lowest BCUT2D eigenvalue weighted by Crippen LogP contribution is -2.20. The van der Waals surface area contributed by atoms with Gasteiger partial charge in [-0.1, -0.05) is 18.2 Å². The number of aliphatic carboxylic acids is 1. The molecule has 0 unspecified atom stereocenters. The van der Waals surface area contributed by atoms with Crippen molar-refractivity contribution in [1.29, 1.82) is 5.26 Å². The molecule has 0 fully saturated rings. The maximum absolute atomic E-state index is 12.7. The molecule has 0 aliphatic heterocycles. The largest absolute Gasteiger partial charge is 0.484 e. The lowest BCUT2D eigenvalue weighted by atomic mass is 10.1. The first-order chi connectivity index (χ1) is 13.2. The standard InChI is InChI=1S/C19H13F3N2O4/c20-19(21,22)14-2-1-3-15(9-14)24-17(25)11-28-16-6-4-12(5-7-16)8-13(10-23)18(26)27/h1-9H,11H2,(H,24,25)(H,26,27)/b13-8-. The van der Waals surface area contributed by atoms with Crippen LogP contribution in [0.5, 0.6) is 5.75 Å². The maximum Gasteiger partial charge on any atom is 0.416 e. The van der Waals surface area contributed by atoms with E-state index in [2.05, 4.69) is 5.32 Å². The Labute approximate surface area is 157 Å². The monoisotopic (exact) mass is 390 g/mol. The molecule has 1 amide bonds. The van der Waals surface area contributed by atoms with Gasteiger partial charge < -0.3 is 15.2 Å². The first-order valence-corrected chi connectivity index (χ1v) is 7.74. The normalized spacial score (nSPS) is 11.4. The van der Waals surface area contributed by atoms with Gasteiger partial charge >= 0.3 is 12.1 Å². The summed E-state index contributed by atoms with van der Waals surface area (Å²) >= 11 is 0. The Morgan fingerprint density at radius 3 is 2.43 bits per heavy atom. The summed E-state index contributed by atoms with van der Waals surface area (Å²) < 4.78 is 43.2. The minimum atomic E-state index is -4.51. The zero-order chi connectivity index (χ0) is 20.7. The fourth-order valence-corrected chi connectivity index (χ4v) is 2.09. The average molecular weight is 390 g/mol.